The van der Waals surface area contributed by atoms with E-state index in [1.807, 2.05) is 33.0 Å². The van der Waals surface area contributed by atoms with E-state index in [4.69, 9.17) is 9.47 Å². The zero-order valence-corrected chi connectivity index (χ0v) is 26.3. The van der Waals surface area contributed by atoms with Gasteiger partial charge in [-0.15, -0.1) is 0 Å². The van der Waals surface area contributed by atoms with E-state index in [2.05, 4.69) is 43.7 Å². The number of amides is 1. The first-order valence-electron chi connectivity index (χ1n) is 15.5. The number of rotatable bonds is 11. The number of hydrogen-bond donors (Lipinski definition) is 0. The van der Waals surface area contributed by atoms with Gasteiger partial charge in [0.2, 0.25) is 0 Å². The number of fused-ring (bicyclic) bond motifs is 1. The van der Waals surface area contributed by atoms with Crippen LogP contribution >= 0.6 is 0 Å². The maximum absolute atomic E-state index is 14.2. The fourth-order valence-corrected chi connectivity index (χ4v) is 6.66. The number of ether oxygens (including phenoxy) is 2. The van der Waals surface area contributed by atoms with E-state index < -0.39 is 5.82 Å². The molecule has 234 valence electrons. The molecule has 0 unspecified atom stereocenters. The zero-order chi connectivity index (χ0) is 31.0. The van der Waals surface area contributed by atoms with Gasteiger partial charge in [0.1, 0.15) is 29.7 Å². The largest absolute Gasteiger partial charge is 0.490 e. The number of likely N-dealkylation sites (N-methyl/N-ethyl adjacent to an activating group) is 1. The Bertz CT molecular complexity index is 1500. The smallest absolute Gasteiger partial charge is 0.257 e. The van der Waals surface area contributed by atoms with E-state index in [0.717, 1.165) is 63.6 Å². The van der Waals surface area contributed by atoms with Crippen molar-refractivity contribution in [2.75, 3.05) is 51.7 Å². The topological polar surface area (TPSA) is 87.2 Å². The minimum atomic E-state index is -0.491. The number of halogens is 1. The molecule has 11 heteroatoms. The van der Waals surface area contributed by atoms with Crippen LogP contribution in [-0.4, -0.2) is 94.5 Å². The lowest BCUT2D eigenvalue weighted by Crippen LogP contribution is -2.65. The Labute approximate surface area is 258 Å². The molecule has 1 amide bonds. The highest BCUT2D eigenvalue weighted by atomic mass is 19.1. The minimum Gasteiger partial charge on any atom is -0.490 e. The van der Waals surface area contributed by atoms with Crippen molar-refractivity contribution in [2.24, 2.45) is 5.41 Å². The summed E-state index contributed by atoms with van der Waals surface area (Å²) in [5, 5.41) is 0. The third-order valence-corrected chi connectivity index (χ3v) is 8.96. The van der Waals surface area contributed by atoms with Gasteiger partial charge in [-0.3, -0.25) is 14.7 Å². The fourth-order valence-electron chi connectivity index (χ4n) is 6.66. The van der Waals surface area contributed by atoms with Gasteiger partial charge in [0, 0.05) is 69.0 Å². The summed E-state index contributed by atoms with van der Waals surface area (Å²) in [6, 6.07) is 6.00. The van der Waals surface area contributed by atoms with Gasteiger partial charge in [0.05, 0.1) is 17.5 Å². The highest BCUT2D eigenvalue weighted by Gasteiger charge is 2.54. The van der Waals surface area contributed by atoms with Crippen molar-refractivity contribution in [2.45, 2.75) is 58.8 Å². The summed E-state index contributed by atoms with van der Waals surface area (Å²) in [6.07, 6.45) is 7.10. The van der Waals surface area contributed by atoms with Crippen LogP contribution in [0.1, 0.15) is 55.2 Å². The normalized spacial score (nSPS) is 17.5. The average molecular weight is 604 g/mol. The molecular formula is C33H42FN7O3. The van der Waals surface area contributed by atoms with E-state index in [-0.39, 0.29) is 34.8 Å². The molecule has 2 aliphatic heterocycles. The summed E-state index contributed by atoms with van der Waals surface area (Å²) in [7, 11) is 4.20. The van der Waals surface area contributed by atoms with Crippen molar-refractivity contribution in [3.63, 3.8) is 0 Å². The summed E-state index contributed by atoms with van der Waals surface area (Å²) in [6.45, 7) is 11.7. The summed E-state index contributed by atoms with van der Waals surface area (Å²) in [4.78, 5) is 35.1. The first-order chi connectivity index (χ1) is 21.1. The van der Waals surface area contributed by atoms with E-state index in [9.17, 15) is 9.18 Å². The second-order valence-electron chi connectivity index (χ2n) is 12.9. The molecule has 2 aromatic heterocycles. The summed E-state index contributed by atoms with van der Waals surface area (Å²) >= 11 is 0. The molecule has 4 heterocycles. The quantitative estimate of drug-likeness (QED) is 0.312. The minimum absolute atomic E-state index is 0.0333. The number of benzene rings is 1. The van der Waals surface area contributed by atoms with Crippen LogP contribution in [0.3, 0.4) is 0 Å². The molecule has 6 rings (SSSR count). The fraction of sp³-hybridized carbons (Fsp3) is 0.515. The van der Waals surface area contributed by atoms with Gasteiger partial charge in [0.25, 0.3) is 5.91 Å². The number of carbonyl (C=O) groups is 1. The lowest BCUT2D eigenvalue weighted by atomic mass is 9.61. The monoisotopic (exact) mass is 603 g/mol. The van der Waals surface area contributed by atoms with Crippen molar-refractivity contribution in [1.29, 1.82) is 0 Å². The Hall–Kier alpha value is -3.83. The van der Waals surface area contributed by atoms with Crippen LogP contribution in [0.4, 0.5) is 10.2 Å². The maximum Gasteiger partial charge on any atom is 0.257 e. The second kappa shape index (κ2) is 12.3. The molecule has 1 saturated heterocycles. The van der Waals surface area contributed by atoms with Gasteiger partial charge < -0.3 is 24.2 Å². The Morgan fingerprint density at radius 3 is 2.64 bits per heavy atom. The molecule has 0 N–H and O–H groups in total. The van der Waals surface area contributed by atoms with Gasteiger partial charge in [-0.05, 0) is 72.0 Å². The lowest BCUT2D eigenvalue weighted by molar-refractivity contribution is -0.0349. The van der Waals surface area contributed by atoms with E-state index in [1.165, 1.54) is 30.1 Å². The number of carbonyl (C=O) groups excluding carboxylic acids is 1. The number of aromatic nitrogens is 3. The van der Waals surface area contributed by atoms with Crippen LogP contribution in [0.2, 0.25) is 0 Å². The molecule has 2 fully saturated rings. The van der Waals surface area contributed by atoms with E-state index in [0.29, 0.717) is 18.1 Å². The molecule has 0 atom stereocenters. The van der Waals surface area contributed by atoms with Gasteiger partial charge >= 0.3 is 0 Å². The maximum atomic E-state index is 14.2. The molecule has 44 heavy (non-hydrogen) atoms. The van der Waals surface area contributed by atoms with Crippen LogP contribution < -0.4 is 14.4 Å². The van der Waals surface area contributed by atoms with Crippen molar-refractivity contribution >= 4 is 11.7 Å². The first kappa shape index (κ1) is 30.2. The van der Waals surface area contributed by atoms with Crippen molar-refractivity contribution in [1.82, 2.24) is 29.7 Å². The standard InChI is InChI=1S/C33H42FN7O3/c1-6-41(22(2)3)32(42)25-13-23(34)7-8-28(25)44-30-16-35-21-37-31(30)40-19-33(20-40)14-24(15-33)43-29-9-10-36-27-18-39(17-26(27)29)12-11-38(4)5/h7-10,13,16,21-22,24H,6,11-12,14-15,17-20H2,1-5H3. The third-order valence-electron chi connectivity index (χ3n) is 8.96. The van der Waals surface area contributed by atoms with Crippen LogP contribution in [0.5, 0.6) is 17.2 Å². The second-order valence-corrected chi connectivity index (χ2v) is 12.9. The first-order valence-corrected chi connectivity index (χ1v) is 15.5. The number of pyridine rings is 1. The molecule has 0 radical (unpaired) electrons. The van der Waals surface area contributed by atoms with Gasteiger partial charge in [0.15, 0.2) is 11.6 Å². The summed E-state index contributed by atoms with van der Waals surface area (Å²) < 4.78 is 27.0. The molecule has 3 aliphatic rings. The van der Waals surface area contributed by atoms with Crippen molar-refractivity contribution in [3.8, 4) is 17.2 Å². The molecule has 1 aliphatic carbocycles. The van der Waals surface area contributed by atoms with Crippen LogP contribution in [0, 0.1) is 11.2 Å². The predicted molar refractivity (Wildman–Crippen MR) is 166 cm³/mol. The highest BCUT2D eigenvalue weighted by molar-refractivity contribution is 5.97. The number of nitrogens with zero attached hydrogens (tertiary/aromatic N) is 7. The SMILES string of the molecule is CCN(C(=O)c1cc(F)ccc1Oc1cncnc1N1CC2(CC(Oc3ccnc4c3CN(CCN(C)C)C4)C2)C1)C(C)C. The number of hydrogen-bond acceptors (Lipinski definition) is 9. The van der Waals surface area contributed by atoms with Gasteiger partial charge in [-0.25, -0.2) is 14.4 Å². The van der Waals surface area contributed by atoms with Crippen LogP contribution in [0.25, 0.3) is 0 Å². The van der Waals surface area contributed by atoms with Crippen molar-refractivity contribution in [3.05, 3.63) is 65.6 Å². The Kier molecular flexibility index (Phi) is 8.43. The molecule has 1 saturated carbocycles. The molecular weight excluding hydrogens is 561 g/mol. The van der Waals surface area contributed by atoms with Gasteiger partial charge in [-0.1, -0.05) is 0 Å². The van der Waals surface area contributed by atoms with Crippen molar-refractivity contribution < 1.29 is 18.7 Å². The van der Waals surface area contributed by atoms with E-state index in [1.54, 1.807) is 11.1 Å². The molecule has 0 bridgehead atoms. The third kappa shape index (κ3) is 6.08. The molecule has 1 spiro atoms. The predicted octanol–water partition coefficient (Wildman–Crippen LogP) is 4.60. The Morgan fingerprint density at radius 2 is 1.91 bits per heavy atom. The molecule has 10 nitrogen and oxygen atoms in total. The molecule has 1 aromatic carbocycles. The summed E-state index contributed by atoms with van der Waals surface area (Å²) in [5.74, 6) is 1.58. The lowest BCUT2D eigenvalue weighted by Gasteiger charge is -2.58. The van der Waals surface area contributed by atoms with Crippen LogP contribution in [0.15, 0.2) is 43.0 Å². The highest BCUT2D eigenvalue weighted by Crippen LogP contribution is 2.52. The van der Waals surface area contributed by atoms with E-state index >= 15 is 0 Å². The molecule has 3 aromatic rings. The number of anilines is 1. The Morgan fingerprint density at radius 1 is 1.11 bits per heavy atom. The summed E-state index contributed by atoms with van der Waals surface area (Å²) in [5.41, 5.74) is 2.70. The van der Waals surface area contributed by atoms with Gasteiger partial charge in [-0.2, -0.15) is 0 Å². The average Bonchev–Trinajstić information content (AvgIpc) is 3.38. The van der Waals surface area contributed by atoms with Crippen LogP contribution in [-0.2, 0) is 13.1 Å². The Balaban J connectivity index is 1.08. The zero-order valence-electron chi connectivity index (χ0n) is 26.3.